The molecule has 0 aliphatic carbocycles. The predicted molar refractivity (Wildman–Crippen MR) is 109 cm³/mol. The van der Waals surface area contributed by atoms with Crippen LogP contribution in [0.1, 0.15) is 12.5 Å². The number of nitrogens with one attached hydrogen (secondary N) is 1. The number of carbonyl (C=O) groups excluding carboxylic acids is 3. The van der Waals surface area contributed by atoms with Gasteiger partial charge in [-0.05, 0) is 29.8 Å². The van der Waals surface area contributed by atoms with Crippen molar-refractivity contribution in [1.82, 2.24) is 5.32 Å². The first kappa shape index (κ1) is 22.0. The number of halogens is 2. The highest BCUT2D eigenvalue weighted by molar-refractivity contribution is 5.94. The van der Waals surface area contributed by atoms with Gasteiger partial charge in [-0.25, -0.2) is 18.6 Å². The second kappa shape index (κ2) is 9.43. The summed E-state index contributed by atoms with van der Waals surface area (Å²) in [6, 6.07) is 8.35. The zero-order chi connectivity index (χ0) is 22.5. The lowest BCUT2D eigenvalue weighted by molar-refractivity contribution is -0.117. The van der Waals surface area contributed by atoms with E-state index in [1.54, 1.807) is 6.07 Å². The minimum absolute atomic E-state index is 0.0794. The average Bonchev–Trinajstić information content (AvgIpc) is 3.08. The fourth-order valence-corrected chi connectivity index (χ4v) is 3.05. The molecule has 1 aliphatic heterocycles. The van der Waals surface area contributed by atoms with E-state index in [0.29, 0.717) is 11.1 Å². The number of primary amides is 1. The summed E-state index contributed by atoms with van der Waals surface area (Å²) in [4.78, 5) is 38.5. The van der Waals surface area contributed by atoms with Crippen molar-refractivity contribution in [2.75, 3.05) is 18.0 Å². The molecule has 1 heterocycles. The lowest BCUT2D eigenvalue weighted by Crippen LogP contribution is -2.28. The Morgan fingerprint density at radius 3 is 2.68 bits per heavy atom. The molecular formula is C21H20F2N4O4. The van der Waals surface area contributed by atoms with E-state index in [2.05, 4.69) is 10.3 Å². The number of amides is 3. The van der Waals surface area contributed by atoms with Gasteiger partial charge in [-0.1, -0.05) is 12.1 Å². The normalized spacial score (nSPS) is 16.0. The molecule has 2 aromatic carbocycles. The van der Waals surface area contributed by atoms with E-state index in [9.17, 15) is 23.2 Å². The maximum atomic E-state index is 14.8. The summed E-state index contributed by atoms with van der Waals surface area (Å²) < 4.78 is 34.2. The van der Waals surface area contributed by atoms with Crippen molar-refractivity contribution in [3.05, 3.63) is 53.6 Å². The fraction of sp³-hybridized carbons (Fsp3) is 0.238. The number of hydrogen-bond donors (Lipinski definition) is 2. The number of anilines is 1. The number of benzene rings is 2. The van der Waals surface area contributed by atoms with E-state index in [0.717, 1.165) is 6.07 Å². The fourth-order valence-electron chi connectivity index (χ4n) is 3.05. The molecule has 1 fully saturated rings. The summed E-state index contributed by atoms with van der Waals surface area (Å²) in [6.07, 6.45) is -0.178. The van der Waals surface area contributed by atoms with Crippen molar-refractivity contribution in [3.8, 4) is 11.1 Å². The van der Waals surface area contributed by atoms with Gasteiger partial charge < -0.3 is 15.8 Å². The van der Waals surface area contributed by atoms with E-state index in [4.69, 9.17) is 10.5 Å². The molecule has 0 spiro atoms. The van der Waals surface area contributed by atoms with E-state index >= 15 is 0 Å². The molecular weight excluding hydrogens is 410 g/mol. The van der Waals surface area contributed by atoms with Crippen molar-refractivity contribution in [1.29, 1.82) is 0 Å². The number of cyclic esters (lactones) is 1. The van der Waals surface area contributed by atoms with Gasteiger partial charge in [0.25, 0.3) is 0 Å². The highest BCUT2D eigenvalue weighted by Crippen LogP contribution is 2.30. The molecule has 31 heavy (non-hydrogen) atoms. The molecule has 2 aromatic rings. The Balaban J connectivity index is 1.75. The summed E-state index contributed by atoms with van der Waals surface area (Å²) in [5.41, 5.74) is 6.06. The van der Waals surface area contributed by atoms with Crippen LogP contribution in [0.5, 0.6) is 0 Å². The van der Waals surface area contributed by atoms with Gasteiger partial charge in [-0.2, -0.15) is 0 Å². The largest absolute Gasteiger partial charge is 0.438 e. The van der Waals surface area contributed by atoms with Gasteiger partial charge >= 0.3 is 6.09 Å². The van der Waals surface area contributed by atoms with Crippen molar-refractivity contribution in [2.45, 2.75) is 19.6 Å². The molecule has 1 atom stereocenters. The minimum atomic E-state index is -0.719. The Kier molecular flexibility index (Phi) is 6.71. The average molecular weight is 430 g/mol. The second-order valence-corrected chi connectivity index (χ2v) is 6.87. The summed E-state index contributed by atoms with van der Waals surface area (Å²) >= 11 is 0. The van der Waals surface area contributed by atoms with Crippen LogP contribution in [0.2, 0.25) is 0 Å². The molecule has 1 aliphatic rings. The molecule has 0 bridgehead atoms. The second-order valence-electron chi connectivity index (χ2n) is 6.87. The van der Waals surface area contributed by atoms with Gasteiger partial charge in [0, 0.05) is 24.6 Å². The zero-order valence-corrected chi connectivity index (χ0v) is 16.6. The Bertz CT molecular complexity index is 1060. The molecule has 3 N–H and O–H groups in total. The molecule has 0 saturated carbocycles. The third-order valence-electron chi connectivity index (χ3n) is 4.50. The van der Waals surface area contributed by atoms with Crippen LogP contribution in [0, 0.1) is 11.6 Å². The smallest absolute Gasteiger partial charge is 0.415 e. The van der Waals surface area contributed by atoms with Crippen LogP contribution in [0.15, 0.2) is 41.4 Å². The van der Waals surface area contributed by atoms with Crippen molar-refractivity contribution in [2.24, 2.45) is 10.7 Å². The number of hydrogen-bond acceptors (Lipinski definition) is 5. The minimum Gasteiger partial charge on any atom is -0.438 e. The molecule has 162 valence electrons. The maximum absolute atomic E-state index is 14.8. The summed E-state index contributed by atoms with van der Waals surface area (Å²) in [5.74, 6) is -2.19. The molecule has 3 amide bonds. The van der Waals surface area contributed by atoms with Crippen LogP contribution >= 0.6 is 0 Å². The summed E-state index contributed by atoms with van der Waals surface area (Å²) in [6.45, 7) is 1.36. The standard InChI is InChI=1S/C21H20F2N4O4/c1-12(28)26-9-16-11-27(21(30)31-16)15-4-5-17(19(23)7-15)13-2-3-14(18(22)6-13)8-25-10-20(24)29/h2-7,9,16,25H,8,10-11H2,1H3,(H2,24,29). The van der Waals surface area contributed by atoms with E-state index in [1.165, 1.54) is 42.3 Å². The third kappa shape index (κ3) is 5.48. The number of rotatable bonds is 7. The van der Waals surface area contributed by atoms with Crippen LogP contribution in [-0.2, 0) is 20.9 Å². The first-order valence-corrected chi connectivity index (χ1v) is 9.35. The van der Waals surface area contributed by atoms with Gasteiger partial charge in [0.2, 0.25) is 11.8 Å². The van der Waals surface area contributed by atoms with E-state index in [1.807, 2.05) is 0 Å². The van der Waals surface area contributed by atoms with Gasteiger partial charge in [0.05, 0.1) is 25.0 Å². The molecule has 0 radical (unpaired) electrons. The Morgan fingerprint density at radius 1 is 1.26 bits per heavy atom. The Hall–Kier alpha value is -3.66. The molecule has 8 nitrogen and oxygen atoms in total. The highest BCUT2D eigenvalue weighted by Gasteiger charge is 2.31. The van der Waals surface area contributed by atoms with Crippen LogP contribution in [0.4, 0.5) is 19.3 Å². The zero-order valence-electron chi connectivity index (χ0n) is 16.6. The van der Waals surface area contributed by atoms with Gasteiger partial charge in [0.1, 0.15) is 11.6 Å². The van der Waals surface area contributed by atoms with Crippen molar-refractivity contribution < 1.29 is 27.9 Å². The SMILES string of the molecule is CC(=O)N=CC1CN(c2ccc(-c3ccc(CNCC(N)=O)c(F)c3)c(F)c2)C(=O)O1. The van der Waals surface area contributed by atoms with Gasteiger partial charge in [0.15, 0.2) is 6.10 Å². The molecule has 0 aromatic heterocycles. The van der Waals surface area contributed by atoms with Crippen LogP contribution < -0.4 is 16.0 Å². The van der Waals surface area contributed by atoms with Crippen molar-refractivity contribution >= 4 is 29.8 Å². The van der Waals surface area contributed by atoms with E-state index in [-0.39, 0.29) is 30.9 Å². The summed E-state index contributed by atoms with van der Waals surface area (Å²) in [5, 5.41) is 2.71. The topological polar surface area (TPSA) is 114 Å². The predicted octanol–water partition coefficient (Wildman–Crippen LogP) is 2.15. The van der Waals surface area contributed by atoms with Gasteiger partial charge in [-0.3, -0.25) is 14.5 Å². The molecule has 1 unspecified atom stereocenters. The number of nitrogens with two attached hydrogens (primary N) is 1. The number of nitrogens with zero attached hydrogens (tertiary/aromatic N) is 2. The first-order chi connectivity index (χ1) is 14.7. The third-order valence-corrected chi connectivity index (χ3v) is 4.50. The highest BCUT2D eigenvalue weighted by atomic mass is 19.1. The Morgan fingerprint density at radius 2 is 2.03 bits per heavy atom. The quantitative estimate of drug-likeness (QED) is 0.654. The number of carbonyl (C=O) groups is 3. The number of aliphatic imine (C=N–C) groups is 1. The maximum Gasteiger partial charge on any atom is 0.415 e. The summed E-state index contributed by atoms with van der Waals surface area (Å²) in [7, 11) is 0. The van der Waals surface area contributed by atoms with Crippen LogP contribution in [0.25, 0.3) is 11.1 Å². The lowest BCUT2D eigenvalue weighted by Gasteiger charge is -2.14. The Labute approximate surface area is 176 Å². The lowest BCUT2D eigenvalue weighted by atomic mass is 10.0. The molecule has 3 rings (SSSR count). The number of ether oxygens (including phenoxy) is 1. The van der Waals surface area contributed by atoms with Gasteiger partial charge in [-0.15, -0.1) is 0 Å². The first-order valence-electron chi connectivity index (χ1n) is 9.35. The van der Waals surface area contributed by atoms with Crippen LogP contribution in [-0.4, -0.2) is 43.3 Å². The molecule has 10 heteroatoms. The molecule has 1 saturated heterocycles. The van der Waals surface area contributed by atoms with Crippen molar-refractivity contribution in [3.63, 3.8) is 0 Å². The monoisotopic (exact) mass is 430 g/mol. The van der Waals surface area contributed by atoms with E-state index < -0.39 is 35.6 Å². The van der Waals surface area contributed by atoms with Crippen LogP contribution in [0.3, 0.4) is 0 Å².